The zero-order chi connectivity index (χ0) is 14.4. The summed E-state index contributed by atoms with van der Waals surface area (Å²) >= 11 is 0. The van der Waals surface area contributed by atoms with Gasteiger partial charge in [0.25, 0.3) is 0 Å². The lowest BCUT2D eigenvalue weighted by Gasteiger charge is -2.13. The highest BCUT2D eigenvalue weighted by Crippen LogP contribution is 2.19. The molecule has 7 nitrogen and oxygen atoms in total. The van der Waals surface area contributed by atoms with E-state index in [9.17, 15) is 0 Å². The second-order valence-electron chi connectivity index (χ2n) is 4.55. The van der Waals surface area contributed by atoms with Crippen LogP contribution in [0.15, 0.2) is 18.5 Å². The van der Waals surface area contributed by atoms with Crippen molar-refractivity contribution in [2.45, 2.75) is 33.2 Å². The second kappa shape index (κ2) is 6.85. The summed E-state index contributed by atoms with van der Waals surface area (Å²) < 4.78 is 1.87. The van der Waals surface area contributed by atoms with Crippen molar-refractivity contribution in [1.82, 2.24) is 19.7 Å². The Hall–Kier alpha value is -2.15. The number of nitrogens with one attached hydrogen (secondary N) is 2. The zero-order valence-electron chi connectivity index (χ0n) is 11.9. The highest BCUT2D eigenvalue weighted by Gasteiger charge is 2.09. The van der Waals surface area contributed by atoms with Crippen LogP contribution in [0.5, 0.6) is 0 Å². The van der Waals surface area contributed by atoms with E-state index in [1.165, 1.54) is 0 Å². The summed E-state index contributed by atoms with van der Waals surface area (Å²) in [6.07, 6.45) is 5.54. The van der Waals surface area contributed by atoms with E-state index in [1.807, 2.05) is 23.9 Å². The Kier molecular flexibility index (Phi) is 4.89. The Morgan fingerprint density at radius 1 is 1.30 bits per heavy atom. The average Bonchev–Trinajstić information content (AvgIpc) is 2.95. The number of hydrogen-bond acceptors (Lipinski definition) is 6. The first kappa shape index (κ1) is 14.3. The van der Waals surface area contributed by atoms with Gasteiger partial charge in [0.15, 0.2) is 0 Å². The van der Waals surface area contributed by atoms with Crippen LogP contribution < -0.4 is 16.6 Å². The summed E-state index contributed by atoms with van der Waals surface area (Å²) in [5.74, 6) is 7.80. The number of aryl methyl sites for hydroxylation is 1. The molecule has 2 aromatic rings. The third kappa shape index (κ3) is 3.45. The number of hydrazine groups is 1. The molecule has 0 bridgehead atoms. The minimum atomic E-state index is 0.671. The SMILES string of the molecule is CCCc1nc(NN)c(C)c(NCCn2cccn2)n1. The molecule has 0 aliphatic carbocycles. The largest absolute Gasteiger partial charge is 0.368 e. The van der Waals surface area contributed by atoms with Gasteiger partial charge in [-0.25, -0.2) is 15.8 Å². The van der Waals surface area contributed by atoms with E-state index < -0.39 is 0 Å². The molecule has 20 heavy (non-hydrogen) atoms. The summed E-state index contributed by atoms with van der Waals surface area (Å²) in [4.78, 5) is 8.94. The van der Waals surface area contributed by atoms with Crippen LogP contribution in [0.25, 0.3) is 0 Å². The first-order valence-corrected chi connectivity index (χ1v) is 6.80. The number of anilines is 2. The van der Waals surface area contributed by atoms with Gasteiger partial charge in [0.2, 0.25) is 0 Å². The lowest BCUT2D eigenvalue weighted by atomic mass is 10.2. The molecule has 0 fully saturated rings. The van der Waals surface area contributed by atoms with Crippen LogP contribution >= 0.6 is 0 Å². The molecule has 0 saturated carbocycles. The Balaban J connectivity index is 2.06. The lowest BCUT2D eigenvalue weighted by molar-refractivity contribution is 0.636. The number of nitrogens with two attached hydrogens (primary N) is 1. The van der Waals surface area contributed by atoms with E-state index in [2.05, 4.69) is 32.7 Å². The molecular formula is C13H21N7. The van der Waals surface area contributed by atoms with Crippen LogP contribution in [-0.2, 0) is 13.0 Å². The highest BCUT2D eigenvalue weighted by atomic mass is 15.3. The maximum Gasteiger partial charge on any atom is 0.148 e. The molecule has 0 spiro atoms. The molecule has 2 aromatic heterocycles. The molecule has 7 heteroatoms. The Morgan fingerprint density at radius 3 is 2.75 bits per heavy atom. The molecule has 0 aliphatic heterocycles. The minimum absolute atomic E-state index is 0.671. The van der Waals surface area contributed by atoms with Gasteiger partial charge in [0, 0.05) is 30.9 Å². The Bertz CT molecular complexity index is 536. The molecule has 4 N–H and O–H groups in total. The Morgan fingerprint density at radius 2 is 2.10 bits per heavy atom. The van der Waals surface area contributed by atoms with Gasteiger partial charge < -0.3 is 10.7 Å². The Labute approximate surface area is 118 Å². The van der Waals surface area contributed by atoms with Crippen molar-refractivity contribution < 1.29 is 0 Å². The monoisotopic (exact) mass is 275 g/mol. The quantitative estimate of drug-likeness (QED) is 0.521. The van der Waals surface area contributed by atoms with E-state index in [1.54, 1.807) is 6.20 Å². The smallest absolute Gasteiger partial charge is 0.148 e. The van der Waals surface area contributed by atoms with E-state index >= 15 is 0 Å². The fourth-order valence-electron chi connectivity index (χ4n) is 1.93. The van der Waals surface area contributed by atoms with E-state index in [-0.39, 0.29) is 0 Å². The van der Waals surface area contributed by atoms with E-state index in [0.717, 1.165) is 43.1 Å². The van der Waals surface area contributed by atoms with Gasteiger partial charge in [0.1, 0.15) is 17.5 Å². The first-order chi connectivity index (χ1) is 9.74. The van der Waals surface area contributed by atoms with Crippen molar-refractivity contribution in [3.05, 3.63) is 29.8 Å². The number of rotatable bonds is 7. The summed E-state index contributed by atoms with van der Waals surface area (Å²) in [5.41, 5.74) is 3.55. The topological polar surface area (TPSA) is 93.7 Å². The van der Waals surface area contributed by atoms with Gasteiger partial charge in [-0.3, -0.25) is 4.68 Å². The van der Waals surface area contributed by atoms with Crippen LogP contribution in [0.1, 0.15) is 24.7 Å². The summed E-state index contributed by atoms with van der Waals surface area (Å²) in [5, 5.41) is 7.48. The predicted molar refractivity (Wildman–Crippen MR) is 79.3 cm³/mol. The standard InChI is InChI=1S/C13H21N7/c1-3-5-11-17-12(10(2)13(18-11)19-14)15-7-9-20-8-4-6-16-20/h4,6,8H,3,5,7,9,14H2,1-2H3,(H2,15,17,18,19). The number of hydrogen-bond donors (Lipinski definition) is 3. The van der Waals surface area contributed by atoms with E-state index in [0.29, 0.717) is 5.82 Å². The molecular weight excluding hydrogens is 254 g/mol. The van der Waals surface area contributed by atoms with Gasteiger partial charge >= 0.3 is 0 Å². The van der Waals surface area contributed by atoms with Crippen molar-refractivity contribution in [2.24, 2.45) is 5.84 Å². The van der Waals surface area contributed by atoms with Gasteiger partial charge in [-0.1, -0.05) is 6.92 Å². The second-order valence-corrected chi connectivity index (χ2v) is 4.55. The van der Waals surface area contributed by atoms with E-state index in [4.69, 9.17) is 5.84 Å². The van der Waals surface area contributed by atoms with Crippen LogP contribution in [0, 0.1) is 6.92 Å². The van der Waals surface area contributed by atoms with Gasteiger partial charge in [-0.05, 0) is 19.4 Å². The lowest BCUT2D eigenvalue weighted by Crippen LogP contribution is -2.17. The molecule has 2 heterocycles. The van der Waals surface area contributed by atoms with Crippen LogP contribution in [0.3, 0.4) is 0 Å². The fourth-order valence-corrected chi connectivity index (χ4v) is 1.93. The zero-order valence-corrected chi connectivity index (χ0v) is 11.9. The number of aromatic nitrogens is 4. The third-order valence-corrected chi connectivity index (χ3v) is 2.99. The molecule has 0 aromatic carbocycles. The third-order valence-electron chi connectivity index (χ3n) is 2.99. The predicted octanol–water partition coefficient (Wildman–Crippen LogP) is 1.33. The van der Waals surface area contributed by atoms with Gasteiger partial charge in [0.05, 0.1) is 6.54 Å². The molecule has 0 amide bonds. The summed E-state index contributed by atoms with van der Waals surface area (Å²) in [6, 6.07) is 1.91. The molecule has 2 rings (SSSR count). The summed E-state index contributed by atoms with van der Waals surface area (Å²) in [7, 11) is 0. The average molecular weight is 275 g/mol. The van der Waals surface area contributed by atoms with Crippen molar-refractivity contribution in [2.75, 3.05) is 17.3 Å². The molecule has 0 radical (unpaired) electrons. The number of nitrogens with zero attached hydrogens (tertiary/aromatic N) is 4. The van der Waals surface area contributed by atoms with Crippen LogP contribution in [0.2, 0.25) is 0 Å². The molecule has 0 saturated heterocycles. The van der Waals surface area contributed by atoms with Crippen molar-refractivity contribution in [3.63, 3.8) is 0 Å². The van der Waals surface area contributed by atoms with Crippen molar-refractivity contribution in [3.8, 4) is 0 Å². The molecule has 0 unspecified atom stereocenters. The molecule has 0 aliphatic rings. The fraction of sp³-hybridized carbons (Fsp3) is 0.462. The van der Waals surface area contributed by atoms with Crippen molar-refractivity contribution >= 4 is 11.6 Å². The first-order valence-electron chi connectivity index (χ1n) is 6.80. The minimum Gasteiger partial charge on any atom is -0.368 e. The normalized spacial score (nSPS) is 10.6. The van der Waals surface area contributed by atoms with Crippen LogP contribution in [0.4, 0.5) is 11.6 Å². The highest BCUT2D eigenvalue weighted by molar-refractivity contribution is 5.56. The maximum absolute atomic E-state index is 5.51. The molecule has 0 atom stereocenters. The van der Waals surface area contributed by atoms with Gasteiger partial charge in [-0.15, -0.1) is 0 Å². The van der Waals surface area contributed by atoms with Crippen molar-refractivity contribution in [1.29, 1.82) is 0 Å². The number of nitrogen functional groups attached to an aromatic ring is 1. The summed E-state index contributed by atoms with van der Waals surface area (Å²) in [6.45, 7) is 5.57. The van der Waals surface area contributed by atoms with Crippen LogP contribution in [-0.4, -0.2) is 26.3 Å². The maximum atomic E-state index is 5.51. The molecule has 108 valence electrons. The van der Waals surface area contributed by atoms with Gasteiger partial charge in [-0.2, -0.15) is 5.10 Å².